The molecule has 2 heterocycles. The molecule has 0 fully saturated rings. The lowest BCUT2D eigenvalue weighted by atomic mass is 10.3. The van der Waals surface area contributed by atoms with Gasteiger partial charge in [0.1, 0.15) is 6.33 Å². The van der Waals surface area contributed by atoms with Crippen LogP contribution in [0.4, 0.5) is 0 Å². The van der Waals surface area contributed by atoms with Gasteiger partial charge in [-0.3, -0.25) is 0 Å². The van der Waals surface area contributed by atoms with Crippen molar-refractivity contribution in [3.63, 3.8) is 0 Å². The molecule has 0 aliphatic rings. The van der Waals surface area contributed by atoms with Crippen LogP contribution in [0.1, 0.15) is 16.3 Å². The summed E-state index contributed by atoms with van der Waals surface area (Å²) in [6.07, 6.45) is 3.54. The Labute approximate surface area is 128 Å². The van der Waals surface area contributed by atoms with Crippen LogP contribution in [0.2, 0.25) is 0 Å². The molecule has 6 nitrogen and oxygen atoms in total. The highest BCUT2D eigenvalue weighted by Gasteiger charge is 2.05. The van der Waals surface area contributed by atoms with Gasteiger partial charge >= 0.3 is 0 Å². The fourth-order valence-electron chi connectivity index (χ4n) is 1.80. The Balaban J connectivity index is 1.53. The van der Waals surface area contributed by atoms with E-state index in [4.69, 9.17) is 4.74 Å². The lowest BCUT2D eigenvalue weighted by Gasteiger charge is -2.12. The van der Waals surface area contributed by atoms with Crippen molar-refractivity contribution in [3.8, 4) is 0 Å². The molecule has 2 rings (SSSR count). The molecule has 0 bridgehead atoms. The van der Waals surface area contributed by atoms with E-state index < -0.39 is 6.10 Å². The summed E-state index contributed by atoms with van der Waals surface area (Å²) < 4.78 is 5.49. The van der Waals surface area contributed by atoms with E-state index in [9.17, 15) is 5.11 Å². The summed E-state index contributed by atoms with van der Waals surface area (Å²) in [4.78, 5) is 13.4. The second-order valence-corrected chi connectivity index (χ2v) is 5.61. The second-order valence-electron chi connectivity index (χ2n) is 4.67. The fourth-order valence-corrected chi connectivity index (χ4v) is 2.56. The molecular formula is C14H20N4O2S. The first-order valence-electron chi connectivity index (χ1n) is 6.86. The number of ether oxygens (including phenoxy) is 1. The number of aliphatic hydroxyl groups excluding tert-OH is 1. The van der Waals surface area contributed by atoms with Crippen LogP contribution < -0.4 is 5.32 Å². The van der Waals surface area contributed by atoms with Gasteiger partial charge < -0.3 is 15.2 Å². The molecule has 0 saturated heterocycles. The van der Waals surface area contributed by atoms with Crippen LogP contribution in [-0.2, 0) is 17.7 Å². The van der Waals surface area contributed by atoms with E-state index in [0.29, 0.717) is 26.3 Å². The van der Waals surface area contributed by atoms with Crippen LogP contribution in [0.5, 0.6) is 0 Å². The van der Waals surface area contributed by atoms with Crippen LogP contribution in [-0.4, -0.2) is 45.9 Å². The number of nitrogens with one attached hydrogen (secondary N) is 1. The van der Waals surface area contributed by atoms with E-state index in [2.05, 4.69) is 20.3 Å². The third-order valence-electron chi connectivity index (χ3n) is 2.96. The zero-order valence-electron chi connectivity index (χ0n) is 12.0. The Bertz CT molecular complexity index is 521. The van der Waals surface area contributed by atoms with E-state index in [-0.39, 0.29) is 0 Å². The molecular weight excluding hydrogens is 288 g/mol. The maximum Gasteiger partial charge on any atom is 0.115 e. The molecule has 1 unspecified atom stereocenters. The molecule has 0 aliphatic heterocycles. The van der Waals surface area contributed by atoms with Gasteiger partial charge in [0.2, 0.25) is 0 Å². The number of aryl methyl sites for hydroxylation is 1. The topological polar surface area (TPSA) is 80.2 Å². The molecule has 0 amide bonds. The van der Waals surface area contributed by atoms with E-state index >= 15 is 0 Å². The lowest BCUT2D eigenvalue weighted by Crippen LogP contribution is -2.30. The average Bonchev–Trinajstić information content (AvgIpc) is 2.90. The third kappa shape index (κ3) is 5.84. The Hall–Kier alpha value is -1.41. The van der Waals surface area contributed by atoms with Gasteiger partial charge in [0.25, 0.3) is 0 Å². The molecule has 0 radical (unpaired) electrons. The maximum atomic E-state index is 9.81. The normalized spacial score (nSPS) is 12.5. The van der Waals surface area contributed by atoms with E-state index in [0.717, 1.165) is 17.8 Å². The SMILES string of the molecule is Cc1ncsc1CCOCC(O)CNCc1ccncn1. The smallest absolute Gasteiger partial charge is 0.115 e. The standard InChI is InChI=1S/C14H20N4O2S/c1-11-14(21-10-18-11)3-5-20-8-13(19)7-16-6-12-2-4-15-9-17-12/h2,4,9-10,13,16,19H,3,5-8H2,1H3. The van der Waals surface area contributed by atoms with Gasteiger partial charge in [-0.25, -0.2) is 15.0 Å². The zero-order chi connectivity index (χ0) is 14.9. The van der Waals surface area contributed by atoms with Crippen LogP contribution in [0, 0.1) is 6.92 Å². The van der Waals surface area contributed by atoms with Crippen molar-refractivity contribution in [2.75, 3.05) is 19.8 Å². The molecule has 0 saturated carbocycles. The van der Waals surface area contributed by atoms with Crippen molar-refractivity contribution in [1.29, 1.82) is 0 Å². The summed E-state index contributed by atoms with van der Waals surface area (Å²) in [6.45, 7) is 4.02. The minimum absolute atomic E-state index is 0.328. The largest absolute Gasteiger partial charge is 0.389 e. The van der Waals surface area contributed by atoms with Gasteiger partial charge in [0.05, 0.1) is 36.2 Å². The Morgan fingerprint density at radius 2 is 2.33 bits per heavy atom. The summed E-state index contributed by atoms with van der Waals surface area (Å²) in [7, 11) is 0. The number of hydrogen-bond donors (Lipinski definition) is 2. The number of aliphatic hydroxyl groups is 1. The molecule has 0 aliphatic carbocycles. The predicted octanol–water partition coefficient (Wildman–Crippen LogP) is 0.951. The van der Waals surface area contributed by atoms with Gasteiger partial charge in [-0.1, -0.05) is 0 Å². The minimum Gasteiger partial charge on any atom is -0.389 e. The highest BCUT2D eigenvalue weighted by Crippen LogP contribution is 2.12. The van der Waals surface area contributed by atoms with Crippen LogP contribution in [0.15, 0.2) is 24.1 Å². The van der Waals surface area contributed by atoms with Crippen molar-refractivity contribution in [1.82, 2.24) is 20.3 Å². The summed E-state index contributed by atoms with van der Waals surface area (Å²) >= 11 is 1.64. The quantitative estimate of drug-likeness (QED) is 0.672. The van der Waals surface area contributed by atoms with Crippen molar-refractivity contribution in [3.05, 3.63) is 40.4 Å². The minimum atomic E-state index is -0.519. The van der Waals surface area contributed by atoms with Crippen molar-refractivity contribution < 1.29 is 9.84 Å². The molecule has 7 heteroatoms. The Kier molecular flexibility index (Phi) is 6.68. The molecule has 21 heavy (non-hydrogen) atoms. The van der Waals surface area contributed by atoms with Crippen molar-refractivity contribution >= 4 is 11.3 Å². The Morgan fingerprint density at radius 3 is 3.05 bits per heavy atom. The summed E-state index contributed by atoms with van der Waals surface area (Å²) in [5.74, 6) is 0. The lowest BCUT2D eigenvalue weighted by molar-refractivity contribution is 0.0383. The maximum absolute atomic E-state index is 9.81. The van der Waals surface area contributed by atoms with E-state index in [1.54, 1.807) is 17.5 Å². The number of aromatic nitrogens is 3. The number of rotatable bonds is 9. The number of nitrogens with zero attached hydrogens (tertiary/aromatic N) is 3. The average molecular weight is 308 g/mol. The third-order valence-corrected chi connectivity index (χ3v) is 3.95. The molecule has 0 aromatic carbocycles. The summed E-state index contributed by atoms with van der Waals surface area (Å²) in [5, 5.41) is 12.9. The second kappa shape index (κ2) is 8.78. The van der Waals surface area contributed by atoms with E-state index in [1.807, 2.05) is 18.5 Å². The summed E-state index contributed by atoms with van der Waals surface area (Å²) in [5.41, 5.74) is 3.81. The predicted molar refractivity (Wildman–Crippen MR) is 81.1 cm³/mol. The molecule has 2 N–H and O–H groups in total. The van der Waals surface area contributed by atoms with Gasteiger partial charge in [-0.05, 0) is 13.0 Å². The molecule has 2 aromatic rings. The van der Waals surface area contributed by atoms with Gasteiger partial charge in [-0.15, -0.1) is 11.3 Å². The Morgan fingerprint density at radius 1 is 1.43 bits per heavy atom. The van der Waals surface area contributed by atoms with Gasteiger partial charge in [0.15, 0.2) is 0 Å². The summed E-state index contributed by atoms with van der Waals surface area (Å²) in [6, 6.07) is 1.84. The first-order chi connectivity index (χ1) is 10.3. The first kappa shape index (κ1) is 16.0. The van der Waals surface area contributed by atoms with E-state index in [1.165, 1.54) is 11.2 Å². The molecule has 0 spiro atoms. The first-order valence-corrected chi connectivity index (χ1v) is 7.74. The fraction of sp³-hybridized carbons (Fsp3) is 0.500. The highest BCUT2D eigenvalue weighted by molar-refractivity contribution is 7.09. The van der Waals surface area contributed by atoms with Gasteiger partial charge in [0, 0.05) is 30.6 Å². The van der Waals surface area contributed by atoms with Crippen LogP contribution in [0.3, 0.4) is 0 Å². The molecule has 114 valence electrons. The van der Waals surface area contributed by atoms with Gasteiger partial charge in [-0.2, -0.15) is 0 Å². The number of hydrogen-bond acceptors (Lipinski definition) is 7. The zero-order valence-corrected chi connectivity index (χ0v) is 12.8. The number of thiazole rings is 1. The highest BCUT2D eigenvalue weighted by atomic mass is 32.1. The molecule has 1 atom stereocenters. The van der Waals surface area contributed by atoms with Crippen molar-refractivity contribution in [2.45, 2.75) is 26.0 Å². The van der Waals surface area contributed by atoms with Crippen molar-refractivity contribution in [2.24, 2.45) is 0 Å². The van der Waals surface area contributed by atoms with Crippen LogP contribution >= 0.6 is 11.3 Å². The molecule has 2 aromatic heterocycles. The van der Waals surface area contributed by atoms with Crippen LogP contribution in [0.25, 0.3) is 0 Å². The monoisotopic (exact) mass is 308 g/mol.